The van der Waals surface area contributed by atoms with Gasteiger partial charge in [-0.25, -0.2) is 0 Å². The molecule has 24 heavy (non-hydrogen) atoms. The second-order valence-corrected chi connectivity index (χ2v) is 6.68. The van der Waals surface area contributed by atoms with Gasteiger partial charge < -0.3 is 9.47 Å². The van der Waals surface area contributed by atoms with E-state index in [2.05, 4.69) is 0 Å². The highest BCUT2D eigenvalue weighted by molar-refractivity contribution is 5.99. The normalized spacial score (nSPS) is 23.8. The molecule has 1 aromatic carbocycles. The molecule has 0 N–H and O–H groups in total. The molecule has 0 spiro atoms. The van der Waals surface area contributed by atoms with Crippen LogP contribution in [0.4, 0.5) is 0 Å². The molecule has 2 fully saturated rings. The maximum absolute atomic E-state index is 12.7. The van der Waals surface area contributed by atoms with Gasteiger partial charge >= 0.3 is 0 Å². The van der Waals surface area contributed by atoms with Crippen LogP contribution in [0.5, 0.6) is 11.5 Å². The van der Waals surface area contributed by atoms with Gasteiger partial charge in [-0.3, -0.25) is 14.5 Å². The lowest BCUT2D eigenvalue weighted by Gasteiger charge is -2.39. The maximum atomic E-state index is 12.7. The van der Waals surface area contributed by atoms with Gasteiger partial charge in [-0.05, 0) is 42.9 Å². The van der Waals surface area contributed by atoms with E-state index in [1.54, 1.807) is 14.2 Å². The number of carbonyl (C=O) groups is 2. The van der Waals surface area contributed by atoms with Gasteiger partial charge in [0.25, 0.3) is 0 Å². The van der Waals surface area contributed by atoms with Gasteiger partial charge in [0.1, 0.15) is 0 Å². The predicted molar refractivity (Wildman–Crippen MR) is 90.0 cm³/mol. The smallest absolute Gasteiger partial charge is 0.232 e. The molecule has 5 heteroatoms. The van der Waals surface area contributed by atoms with Crippen molar-refractivity contribution in [3.05, 3.63) is 23.8 Å². The molecule has 5 nitrogen and oxygen atoms in total. The van der Waals surface area contributed by atoms with Crippen LogP contribution in [0, 0.1) is 11.8 Å². The zero-order valence-electron chi connectivity index (χ0n) is 14.4. The van der Waals surface area contributed by atoms with Gasteiger partial charge in [0.05, 0.1) is 14.2 Å². The van der Waals surface area contributed by atoms with Crippen molar-refractivity contribution in [2.75, 3.05) is 20.8 Å². The minimum atomic E-state index is -0.0105. The van der Waals surface area contributed by atoms with Crippen molar-refractivity contribution in [2.45, 2.75) is 38.5 Å². The van der Waals surface area contributed by atoms with Crippen LogP contribution < -0.4 is 9.47 Å². The third kappa shape index (κ3) is 3.25. The van der Waals surface area contributed by atoms with Gasteiger partial charge in [0.2, 0.25) is 11.8 Å². The van der Waals surface area contributed by atoms with E-state index in [9.17, 15) is 9.59 Å². The van der Waals surface area contributed by atoms with E-state index in [4.69, 9.17) is 9.47 Å². The van der Waals surface area contributed by atoms with Gasteiger partial charge in [-0.15, -0.1) is 0 Å². The SMILES string of the molecule is COc1ccc(CCN2C(=O)C[C@H]3CCCC[C@@H]3C2=O)cc1OC. The zero-order valence-corrected chi connectivity index (χ0v) is 14.4. The number of benzene rings is 1. The van der Waals surface area contributed by atoms with Crippen molar-refractivity contribution in [1.29, 1.82) is 0 Å². The topological polar surface area (TPSA) is 55.8 Å². The summed E-state index contributed by atoms with van der Waals surface area (Å²) in [5.74, 6) is 1.70. The van der Waals surface area contributed by atoms with Crippen LogP contribution in [0.1, 0.15) is 37.7 Å². The average Bonchev–Trinajstić information content (AvgIpc) is 2.61. The van der Waals surface area contributed by atoms with E-state index in [1.165, 1.54) is 4.90 Å². The molecule has 0 radical (unpaired) electrons. The standard InChI is InChI=1S/C19H25NO4/c1-23-16-8-7-13(11-17(16)24-2)9-10-20-18(21)12-14-5-3-4-6-15(14)19(20)22/h7-8,11,14-15H,3-6,9-10,12H2,1-2H3/t14-,15+/m1/s1. The number of hydrogen-bond acceptors (Lipinski definition) is 4. The van der Waals surface area contributed by atoms with E-state index in [1.807, 2.05) is 18.2 Å². The molecule has 1 heterocycles. The van der Waals surface area contributed by atoms with Gasteiger partial charge in [0.15, 0.2) is 11.5 Å². The van der Waals surface area contributed by atoms with Crippen molar-refractivity contribution in [3.63, 3.8) is 0 Å². The lowest BCUT2D eigenvalue weighted by molar-refractivity contribution is -0.156. The Kier molecular flexibility index (Phi) is 5.07. The Labute approximate surface area is 142 Å². The van der Waals surface area contributed by atoms with E-state index in [-0.39, 0.29) is 23.7 Å². The Morgan fingerprint density at radius 3 is 2.58 bits per heavy atom. The second-order valence-electron chi connectivity index (χ2n) is 6.68. The van der Waals surface area contributed by atoms with Gasteiger partial charge in [-0.2, -0.15) is 0 Å². The Hall–Kier alpha value is -2.04. The number of rotatable bonds is 5. The molecule has 2 aliphatic rings. The van der Waals surface area contributed by atoms with Crippen LogP contribution in [-0.2, 0) is 16.0 Å². The molecule has 0 aromatic heterocycles. The fraction of sp³-hybridized carbons (Fsp3) is 0.579. The molecule has 3 rings (SSSR count). The summed E-state index contributed by atoms with van der Waals surface area (Å²) in [7, 11) is 3.20. The highest BCUT2D eigenvalue weighted by atomic mass is 16.5. The number of carbonyl (C=O) groups excluding carboxylic acids is 2. The average molecular weight is 331 g/mol. The minimum absolute atomic E-state index is 0.0105. The molecule has 2 amide bonds. The van der Waals surface area contributed by atoms with Crippen molar-refractivity contribution >= 4 is 11.8 Å². The summed E-state index contributed by atoms with van der Waals surface area (Å²) >= 11 is 0. The summed E-state index contributed by atoms with van der Waals surface area (Å²) in [6.45, 7) is 0.441. The van der Waals surface area contributed by atoms with Crippen LogP contribution in [0.3, 0.4) is 0 Å². The molecule has 1 aliphatic heterocycles. The number of methoxy groups -OCH3 is 2. The number of likely N-dealkylation sites (tertiary alicyclic amines) is 1. The molecule has 1 saturated heterocycles. The zero-order chi connectivity index (χ0) is 17.1. The summed E-state index contributed by atoms with van der Waals surface area (Å²) in [6, 6.07) is 5.70. The molecule has 1 aliphatic carbocycles. The first-order chi connectivity index (χ1) is 11.6. The van der Waals surface area contributed by atoms with Crippen molar-refractivity contribution < 1.29 is 19.1 Å². The molecular formula is C19H25NO4. The van der Waals surface area contributed by atoms with Crippen molar-refractivity contribution in [3.8, 4) is 11.5 Å². The maximum Gasteiger partial charge on any atom is 0.232 e. The third-order valence-electron chi connectivity index (χ3n) is 5.30. The fourth-order valence-electron chi connectivity index (χ4n) is 3.95. The van der Waals surface area contributed by atoms with Crippen molar-refractivity contribution in [1.82, 2.24) is 4.90 Å². The molecule has 0 unspecified atom stereocenters. The highest BCUT2D eigenvalue weighted by Gasteiger charge is 2.41. The van der Waals surface area contributed by atoms with Crippen LogP contribution >= 0.6 is 0 Å². The Morgan fingerprint density at radius 1 is 1.08 bits per heavy atom. The number of ether oxygens (including phenoxy) is 2. The van der Waals surface area contributed by atoms with Gasteiger partial charge in [0, 0.05) is 18.9 Å². The van der Waals surface area contributed by atoms with Crippen LogP contribution in [0.2, 0.25) is 0 Å². The molecule has 1 saturated carbocycles. The summed E-state index contributed by atoms with van der Waals surface area (Å²) in [5, 5.41) is 0. The molecule has 1 aromatic rings. The number of nitrogens with zero attached hydrogens (tertiary/aromatic N) is 1. The van der Waals surface area contributed by atoms with E-state index in [0.29, 0.717) is 30.9 Å². The Morgan fingerprint density at radius 2 is 1.83 bits per heavy atom. The second kappa shape index (κ2) is 7.24. The molecule has 0 bridgehead atoms. The number of fused-ring (bicyclic) bond motifs is 1. The number of hydrogen-bond donors (Lipinski definition) is 0. The third-order valence-corrected chi connectivity index (χ3v) is 5.30. The monoisotopic (exact) mass is 331 g/mol. The Bertz CT molecular complexity index is 628. The quantitative estimate of drug-likeness (QED) is 0.779. The first kappa shape index (κ1) is 16.8. The fourth-order valence-corrected chi connectivity index (χ4v) is 3.95. The lowest BCUT2D eigenvalue weighted by atomic mass is 9.74. The van der Waals surface area contributed by atoms with Crippen LogP contribution in [0.15, 0.2) is 18.2 Å². The number of imide groups is 1. The number of piperidine rings is 1. The highest BCUT2D eigenvalue weighted by Crippen LogP contribution is 2.37. The first-order valence-corrected chi connectivity index (χ1v) is 8.69. The Balaban J connectivity index is 1.67. The van der Waals surface area contributed by atoms with Gasteiger partial charge in [-0.1, -0.05) is 18.9 Å². The van der Waals surface area contributed by atoms with Crippen LogP contribution in [0.25, 0.3) is 0 Å². The van der Waals surface area contributed by atoms with Crippen molar-refractivity contribution in [2.24, 2.45) is 11.8 Å². The van der Waals surface area contributed by atoms with Crippen LogP contribution in [-0.4, -0.2) is 37.5 Å². The largest absolute Gasteiger partial charge is 0.493 e. The lowest BCUT2D eigenvalue weighted by Crippen LogP contribution is -2.50. The molecular weight excluding hydrogens is 306 g/mol. The first-order valence-electron chi connectivity index (χ1n) is 8.69. The summed E-state index contributed by atoms with van der Waals surface area (Å²) in [6.07, 6.45) is 5.37. The van der Waals surface area contributed by atoms with E-state index in [0.717, 1.165) is 31.2 Å². The summed E-state index contributed by atoms with van der Waals surface area (Å²) in [5.41, 5.74) is 1.03. The minimum Gasteiger partial charge on any atom is -0.493 e. The molecule has 2 atom stereocenters. The predicted octanol–water partition coefficient (Wildman–Crippen LogP) is 2.81. The summed E-state index contributed by atoms with van der Waals surface area (Å²) in [4.78, 5) is 26.5. The van der Waals surface area contributed by atoms with E-state index >= 15 is 0 Å². The summed E-state index contributed by atoms with van der Waals surface area (Å²) < 4.78 is 10.5. The molecule has 130 valence electrons. The number of amides is 2. The van der Waals surface area contributed by atoms with E-state index < -0.39 is 0 Å².